The van der Waals surface area contributed by atoms with Crippen LogP contribution in [0, 0.1) is 0 Å². The molecule has 1 fully saturated rings. The van der Waals surface area contributed by atoms with Crippen LogP contribution in [0.2, 0.25) is 5.02 Å². The van der Waals surface area contributed by atoms with Crippen molar-refractivity contribution >= 4 is 33.4 Å². The summed E-state index contributed by atoms with van der Waals surface area (Å²) in [7, 11) is 1.65. The lowest BCUT2D eigenvalue weighted by atomic mass is 10.2. The molecule has 0 radical (unpaired) electrons. The van der Waals surface area contributed by atoms with Gasteiger partial charge in [-0.15, -0.1) is 0 Å². The van der Waals surface area contributed by atoms with Gasteiger partial charge in [0.2, 0.25) is 5.91 Å². The van der Waals surface area contributed by atoms with Gasteiger partial charge in [0.05, 0.1) is 27.4 Å². The highest BCUT2D eigenvalue weighted by molar-refractivity contribution is 9.10. The van der Waals surface area contributed by atoms with Crippen LogP contribution < -0.4 is 0 Å². The van der Waals surface area contributed by atoms with Crippen molar-refractivity contribution in [2.45, 2.75) is 51.7 Å². The van der Waals surface area contributed by atoms with Gasteiger partial charge in [0.1, 0.15) is 12.2 Å². The summed E-state index contributed by atoms with van der Waals surface area (Å²) in [6.45, 7) is 2.88. The van der Waals surface area contributed by atoms with E-state index in [1.807, 2.05) is 13.1 Å². The number of alkyl halides is 2. The maximum absolute atomic E-state index is 13.1. The Bertz CT molecular complexity index is 818. The molecule has 1 aliphatic carbocycles. The van der Waals surface area contributed by atoms with Crippen molar-refractivity contribution in [1.29, 1.82) is 0 Å². The molecule has 3 rings (SSSR count). The first-order chi connectivity index (χ1) is 12.3. The highest BCUT2D eigenvalue weighted by Gasteiger charge is 2.34. The van der Waals surface area contributed by atoms with Crippen molar-refractivity contribution in [3.63, 3.8) is 0 Å². The van der Waals surface area contributed by atoms with Gasteiger partial charge >= 0.3 is 0 Å². The van der Waals surface area contributed by atoms with E-state index in [1.54, 1.807) is 11.7 Å². The lowest BCUT2D eigenvalue weighted by Gasteiger charge is -2.17. The van der Waals surface area contributed by atoms with E-state index >= 15 is 0 Å². The number of hydrogen-bond donors (Lipinski definition) is 0. The lowest BCUT2D eigenvalue weighted by Crippen LogP contribution is -2.31. The maximum atomic E-state index is 13.1. The number of likely N-dealkylation sites (N-methyl/N-ethyl adjacent to an activating group) is 1. The third kappa shape index (κ3) is 3.93. The first kappa shape index (κ1) is 19.3. The summed E-state index contributed by atoms with van der Waals surface area (Å²) in [5, 5.41) is 8.27. The first-order valence-electron chi connectivity index (χ1n) is 8.31. The number of halogens is 4. The summed E-state index contributed by atoms with van der Waals surface area (Å²) in [5.74, 6) is -0.139. The minimum atomic E-state index is -2.76. The average molecular weight is 451 g/mol. The molecule has 0 spiro atoms. The van der Waals surface area contributed by atoms with Crippen LogP contribution in [-0.4, -0.2) is 37.4 Å². The average Bonchev–Trinajstić information content (AvgIpc) is 3.28. The van der Waals surface area contributed by atoms with E-state index < -0.39 is 12.1 Å². The zero-order valence-corrected chi connectivity index (χ0v) is 16.8. The smallest absolute Gasteiger partial charge is 0.283 e. The van der Waals surface area contributed by atoms with Crippen molar-refractivity contribution in [2.75, 3.05) is 7.05 Å². The molecule has 6 nitrogen and oxygen atoms in total. The van der Waals surface area contributed by atoms with Crippen molar-refractivity contribution in [3.8, 4) is 0 Å². The van der Waals surface area contributed by atoms with Crippen LogP contribution >= 0.6 is 27.5 Å². The zero-order chi connectivity index (χ0) is 19.0. The van der Waals surface area contributed by atoms with Gasteiger partial charge in [0.15, 0.2) is 0 Å². The van der Waals surface area contributed by atoms with Crippen LogP contribution in [-0.2, 0) is 24.4 Å². The molecule has 0 atom stereocenters. The first-order valence-corrected chi connectivity index (χ1v) is 9.48. The Labute approximate surface area is 163 Å². The fraction of sp³-hybridized carbons (Fsp3) is 0.562. The van der Waals surface area contributed by atoms with Gasteiger partial charge in [0, 0.05) is 25.7 Å². The normalized spacial score (nSPS) is 14.3. The molecule has 0 aliphatic heterocycles. The standard InChI is InChI=1S/C16H19BrClF2N5O/c1-3-24-6-10(17)11(21-24)7-23(2)12(26)8-25-15(9-4-5-9)13(18)14(22-25)16(19)20/h6,9,16H,3-5,7-8H2,1-2H3. The minimum Gasteiger partial charge on any atom is -0.338 e. The molecular formula is C16H19BrClF2N5O. The molecule has 1 amide bonds. The highest BCUT2D eigenvalue weighted by Crippen LogP contribution is 2.45. The number of rotatable bonds is 7. The Morgan fingerprint density at radius 3 is 2.69 bits per heavy atom. The van der Waals surface area contributed by atoms with E-state index in [-0.39, 0.29) is 23.4 Å². The van der Waals surface area contributed by atoms with Crippen LogP contribution in [0.4, 0.5) is 8.78 Å². The van der Waals surface area contributed by atoms with Gasteiger partial charge in [-0.1, -0.05) is 11.6 Å². The van der Waals surface area contributed by atoms with Gasteiger partial charge in [0.25, 0.3) is 6.43 Å². The van der Waals surface area contributed by atoms with Gasteiger partial charge in [-0.05, 0) is 35.7 Å². The molecule has 142 valence electrons. The predicted molar refractivity (Wildman–Crippen MR) is 96.2 cm³/mol. The van der Waals surface area contributed by atoms with E-state index in [1.165, 1.54) is 9.58 Å². The summed E-state index contributed by atoms with van der Waals surface area (Å²) < 4.78 is 30.1. The molecule has 0 N–H and O–H groups in total. The second kappa shape index (κ2) is 7.64. The Morgan fingerprint density at radius 2 is 2.15 bits per heavy atom. The lowest BCUT2D eigenvalue weighted by molar-refractivity contribution is -0.131. The zero-order valence-electron chi connectivity index (χ0n) is 14.4. The Hall–Kier alpha value is -1.48. The van der Waals surface area contributed by atoms with Crippen LogP contribution in [0.5, 0.6) is 0 Å². The molecule has 0 unspecified atom stereocenters. The quantitative estimate of drug-likeness (QED) is 0.641. The number of amides is 1. The van der Waals surface area contributed by atoms with Crippen molar-refractivity contribution < 1.29 is 13.6 Å². The Morgan fingerprint density at radius 1 is 1.46 bits per heavy atom. The highest BCUT2D eigenvalue weighted by atomic mass is 79.9. The number of hydrogen-bond acceptors (Lipinski definition) is 3. The number of aromatic nitrogens is 4. The largest absolute Gasteiger partial charge is 0.338 e. The number of aryl methyl sites for hydroxylation is 1. The Kier molecular flexibility index (Phi) is 5.67. The third-order valence-electron chi connectivity index (χ3n) is 4.34. The summed E-state index contributed by atoms with van der Waals surface area (Å²) in [6, 6.07) is 0. The Balaban J connectivity index is 1.75. The molecular weight excluding hydrogens is 432 g/mol. The van der Waals surface area contributed by atoms with Crippen LogP contribution in [0.1, 0.15) is 49.2 Å². The van der Waals surface area contributed by atoms with Gasteiger partial charge in [-0.25, -0.2) is 8.78 Å². The molecule has 2 aromatic rings. The monoisotopic (exact) mass is 449 g/mol. The summed E-state index contributed by atoms with van der Waals surface area (Å²) >= 11 is 9.52. The van der Waals surface area contributed by atoms with E-state index in [9.17, 15) is 13.6 Å². The van der Waals surface area contributed by atoms with Crippen molar-refractivity contribution in [1.82, 2.24) is 24.5 Å². The molecule has 0 bridgehead atoms. The molecule has 2 heterocycles. The molecule has 0 aromatic carbocycles. The number of carbonyl (C=O) groups excluding carboxylic acids is 1. The van der Waals surface area contributed by atoms with Gasteiger partial charge in [-0.2, -0.15) is 10.2 Å². The fourth-order valence-corrected chi connectivity index (χ4v) is 3.56. The molecule has 0 saturated heterocycles. The number of carbonyl (C=O) groups is 1. The SMILES string of the molecule is CCn1cc(Br)c(CN(C)C(=O)Cn2nc(C(F)F)c(Cl)c2C2CC2)n1. The fourth-order valence-electron chi connectivity index (χ4n) is 2.75. The van der Waals surface area contributed by atoms with Gasteiger partial charge < -0.3 is 4.90 Å². The second-order valence-electron chi connectivity index (χ2n) is 6.35. The summed E-state index contributed by atoms with van der Waals surface area (Å²) in [6.07, 6.45) is 0.836. The van der Waals surface area contributed by atoms with E-state index in [0.29, 0.717) is 12.2 Å². The second-order valence-corrected chi connectivity index (χ2v) is 7.58. The summed E-state index contributed by atoms with van der Waals surface area (Å²) in [5.41, 5.74) is 0.825. The van der Waals surface area contributed by atoms with Crippen LogP contribution in [0.15, 0.2) is 10.7 Å². The van der Waals surface area contributed by atoms with Crippen LogP contribution in [0.3, 0.4) is 0 Å². The molecule has 10 heteroatoms. The molecule has 1 saturated carbocycles. The third-order valence-corrected chi connectivity index (χ3v) is 5.39. The molecule has 2 aromatic heterocycles. The van der Waals surface area contributed by atoms with E-state index in [0.717, 1.165) is 29.6 Å². The van der Waals surface area contributed by atoms with Gasteiger partial charge in [-0.3, -0.25) is 14.2 Å². The minimum absolute atomic E-state index is 0.0117. The van der Waals surface area contributed by atoms with Crippen molar-refractivity contribution in [3.05, 3.63) is 32.8 Å². The summed E-state index contributed by atoms with van der Waals surface area (Å²) in [4.78, 5) is 14.1. The molecule has 26 heavy (non-hydrogen) atoms. The maximum Gasteiger partial charge on any atom is 0.283 e. The van der Waals surface area contributed by atoms with E-state index in [4.69, 9.17) is 11.6 Å². The predicted octanol–water partition coefficient (Wildman–Crippen LogP) is 3.99. The van der Waals surface area contributed by atoms with Crippen molar-refractivity contribution in [2.24, 2.45) is 0 Å². The molecule has 1 aliphatic rings. The topological polar surface area (TPSA) is 56.0 Å². The van der Waals surface area contributed by atoms with Crippen LogP contribution in [0.25, 0.3) is 0 Å². The number of nitrogens with zero attached hydrogens (tertiary/aromatic N) is 5. The van der Waals surface area contributed by atoms with E-state index in [2.05, 4.69) is 26.1 Å².